The largest absolute Gasteiger partial charge is 0.288 e. The van der Waals surface area contributed by atoms with Crippen LogP contribution in [0.1, 0.15) is 26.4 Å². The van der Waals surface area contributed by atoms with Gasteiger partial charge in [-0.1, -0.05) is 17.7 Å². The molecule has 0 radical (unpaired) electrons. The summed E-state index contributed by atoms with van der Waals surface area (Å²) in [5, 5.41) is 1.92. The molecule has 0 aliphatic carbocycles. The van der Waals surface area contributed by atoms with Crippen molar-refractivity contribution in [1.82, 2.24) is 0 Å². The molecule has 2 rings (SSSR count). The summed E-state index contributed by atoms with van der Waals surface area (Å²) in [5.74, 6) is 0.0776. The van der Waals surface area contributed by atoms with E-state index in [0.717, 1.165) is 30.5 Å². The van der Waals surface area contributed by atoms with Gasteiger partial charge >= 0.3 is 0 Å². The van der Waals surface area contributed by atoms with Crippen LogP contribution in [0.2, 0.25) is 0 Å². The average Bonchev–Trinajstić information content (AvgIpc) is 2.62. The zero-order valence-corrected chi connectivity index (χ0v) is 13.4. The average molecular weight is 374 g/mol. The van der Waals surface area contributed by atoms with Crippen molar-refractivity contribution >= 4 is 49.0 Å². The van der Waals surface area contributed by atoms with Crippen LogP contribution in [-0.2, 0) is 0 Å². The molecule has 1 aromatic heterocycles. The number of benzene rings is 1. The van der Waals surface area contributed by atoms with Crippen molar-refractivity contribution in [3.8, 4) is 0 Å². The van der Waals surface area contributed by atoms with Crippen molar-refractivity contribution in [2.45, 2.75) is 13.8 Å². The molecule has 0 spiro atoms. The molecule has 0 aliphatic heterocycles. The fourth-order valence-corrected chi connectivity index (χ4v) is 3.68. The molecule has 0 bridgehead atoms. The van der Waals surface area contributed by atoms with Crippen LogP contribution in [0.25, 0.3) is 0 Å². The van der Waals surface area contributed by atoms with Crippen LogP contribution >= 0.6 is 43.2 Å². The molecule has 0 amide bonds. The number of ketones is 1. The topological polar surface area (TPSA) is 17.1 Å². The summed E-state index contributed by atoms with van der Waals surface area (Å²) in [6, 6.07) is 5.95. The van der Waals surface area contributed by atoms with E-state index >= 15 is 0 Å². The second-order valence-electron chi connectivity index (χ2n) is 3.87. The van der Waals surface area contributed by atoms with Gasteiger partial charge in [0.1, 0.15) is 0 Å². The zero-order valence-electron chi connectivity index (χ0n) is 9.38. The summed E-state index contributed by atoms with van der Waals surface area (Å²) in [4.78, 5) is 13.2. The van der Waals surface area contributed by atoms with Crippen LogP contribution in [0.15, 0.2) is 32.5 Å². The van der Waals surface area contributed by atoms with Gasteiger partial charge < -0.3 is 0 Å². The van der Waals surface area contributed by atoms with Gasteiger partial charge in [-0.3, -0.25) is 4.79 Å². The second kappa shape index (κ2) is 5.04. The molecule has 0 unspecified atom stereocenters. The van der Waals surface area contributed by atoms with Gasteiger partial charge in [-0.2, -0.15) is 0 Å². The maximum absolute atomic E-state index is 12.4. The quantitative estimate of drug-likeness (QED) is 0.667. The Morgan fingerprint density at radius 3 is 2.53 bits per heavy atom. The summed E-state index contributed by atoms with van der Waals surface area (Å²) in [6.07, 6.45) is 0. The fraction of sp³-hybridized carbons (Fsp3) is 0.154. The predicted molar refractivity (Wildman–Crippen MR) is 79.1 cm³/mol. The Labute approximate surface area is 121 Å². The Bertz CT molecular complexity index is 587. The number of thiophene rings is 1. The first-order valence-corrected chi connectivity index (χ1v) is 7.51. The monoisotopic (exact) mass is 372 g/mol. The molecule has 17 heavy (non-hydrogen) atoms. The van der Waals surface area contributed by atoms with E-state index in [9.17, 15) is 4.79 Å². The highest BCUT2D eigenvalue weighted by molar-refractivity contribution is 9.13. The number of carbonyl (C=O) groups excluding carboxylic acids is 1. The number of hydrogen-bond acceptors (Lipinski definition) is 2. The third-order valence-corrected chi connectivity index (χ3v) is 6.06. The molecule has 0 aliphatic rings. The SMILES string of the molecule is Cc1ccc(C)c(C(=O)c2scc(Br)c2Br)c1. The molecule has 1 aromatic carbocycles. The summed E-state index contributed by atoms with van der Waals surface area (Å²) in [6.45, 7) is 3.96. The van der Waals surface area contributed by atoms with Crippen LogP contribution in [0.3, 0.4) is 0 Å². The minimum absolute atomic E-state index is 0.0776. The molecule has 0 N–H and O–H groups in total. The molecule has 0 atom stereocenters. The normalized spacial score (nSPS) is 10.6. The Kier molecular flexibility index (Phi) is 3.85. The Balaban J connectivity index is 2.51. The summed E-state index contributed by atoms with van der Waals surface area (Å²) in [7, 11) is 0. The standard InChI is InChI=1S/C13H10Br2OS/c1-7-3-4-8(2)9(5-7)12(16)13-11(15)10(14)6-17-13/h3-6H,1-2H3. The van der Waals surface area contributed by atoms with Crippen molar-refractivity contribution in [2.24, 2.45) is 0 Å². The smallest absolute Gasteiger partial charge is 0.204 e. The van der Waals surface area contributed by atoms with Gasteiger partial charge in [0.25, 0.3) is 0 Å². The van der Waals surface area contributed by atoms with Crippen LogP contribution in [-0.4, -0.2) is 5.78 Å². The minimum atomic E-state index is 0.0776. The van der Waals surface area contributed by atoms with Crippen LogP contribution in [0, 0.1) is 13.8 Å². The molecule has 4 heteroatoms. The Morgan fingerprint density at radius 2 is 1.94 bits per heavy atom. The number of carbonyl (C=O) groups is 1. The number of aryl methyl sites for hydroxylation is 2. The van der Waals surface area contributed by atoms with E-state index < -0.39 is 0 Å². The highest BCUT2D eigenvalue weighted by Gasteiger charge is 2.18. The Morgan fingerprint density at radius 1 is 1.24 bits per heavy atom. The molecule has 88 valence electrons. The second-order valence-corrected chi connectivity index (χ2v) is 6.40. The van der Waals surface area contributed by atoms with Gasteiger partial charge in [0.2, 0.25) is 5.78 Å². The van der Waals surface area contributed by atoms with Crippen molar-refractivity contribution in [1.29, 1.82) is 0 Å². The molecule has 0 fully saturated rings. The first-order valence-electron chi connectivity index (χ1n) is 5.05. The highest BCUT2D eigenvalue weighted by Crippen LogP contribution is 2.34. The number of hydrogen-bond donors (Lipinski definition) is 0. The highest BCUT2D eigenvalue weighted by atomic mass is 79.9. The van der Waals surface area contributed by atoms with Crippen molar-refractivity contribution in [3.05, 3.63) is 54.1 Å². The van der Waals surface area contributed by atoms with Gasteiger partial charge in [0.15, 0.2) is 0 Å². The van der Waals surface area contributed by atoms with E-state index in [4.69, 9.17) is 0 Å². The zero-order chi connectivity index (χ0) is 12.6. The fourth-order valence-electron chi connectivity index (χ4n) is 1.58. The van der Waals surface area contributed by atoms with Crippen molar-refractivity contribution < 1.29 is 4.79 Å². The lowest BCUT2D eigenvalue weighted by Crippen LogP contribution is -2.02. The van der Waals surface area contributed by atoms with Gasteiger partial charge in [-0.15, -0.1) is 11.3 Å². The molecule has 0 saturated carbocycles. The van der Waals surface area contributed by atoms with Gasteiger partial charge in [0, 0.05) is 15.4 Å². The number of halogens is 2. The van der Waals surface area contributed by atoms with E-state index in [1.165, 1.54) is 11.3 Å². The molecule has 0 saturated heterocycles. The maximum atomic E-state index is 12.4. The van der Waals surface area contributed by atoms with Gasteiger partial charge in [-0.25, -0.2) is 0 Å². The van der Waals surface area contributed by atoms with Crippen molar-refractivity contribution in [3.63, 3.8) is 0 Å². The Hall–Kier alpha value is -0.450. The lowest BCUT2D eigenvalue weighted by Gasteiger charge is -2.05. The van der Waals surface area contributed by atoms with E-state index in [1.807, 2.05) is 37.4 Å². The van der Waals surface area contributed by atoms with E-state index in [2.05, 4.69) is 31.9 Å². The van der Waals surface area contributed by atoms with Crippen LogP contribution in [0.5, 0.6) is 0 Å². The lowest BCUT2D eigenvalue weighted by molar-refractivity contribution is 0.104. The number of rotatable bonds is 2. The van der Waals surface area contributed by atoms with E-state index in [0.29, 0.717) is 0 Å². The molecular formula is C13H10Br2OS. The molecule has 2 aromatic rings. The van der Waals surface area contributed by atoms with Crippen molar-refractivity contribution in [2.75, 3.05) is 0 Å². The van der Waals surface area contributed by atoms with Gasteiger partial charge in [-0.05, 0) is 57.3 Å². The first-order chi connectivity index (χ1) is 8.00. The summed E-state index contributed by atoms with van der Waals surface area (Å²) in [5.41, 5.74) is 2.89. The molecular weight excluding hydrogens is 364 g/mol. The minimum Gasteiger partial charge on any atom is -0.288 e. The van der Waals surface area contributed by atoms with E-state index in [-0.39, 0.29) is 5.78 Å². The van der Waals surface area contributed by atoms with E-state index in [1.54, 1.807) is 0 Å². The molecule has 1 heterocycles. The van der Waals surface area contributed by atoms with Gasteiger partial charge in [0.05, 0.1) is 9.35 Å². The van der Waals surface area contributed by atoms with Crippen LogP contribution in [0.4, 0.5) is 0 Å². The molecule has 1 nitrogen and oxygen atoms in total. The third kappa shape index (κ3) is 2.54. The maximum Gasteiger partial charge on any atom is 0.204 e. The third-order valence-electron chi connectivity index (χ3n) is 2.53. The lowest BCUT2D eigenvalue weighted by atomic mass is 10.0. The summed E-state index contributed by atoms with van der Waals surface area (Å²) >= 11 is 8.29. The predicted octanol–water partition coefficient (Wildman–Crippen LogP) is 5.12. The first kappa shape index (κ1) is 13.0. The van der Waals surface area contributed by atoms with Crippen LogP contribution < -0.4 is 0 Å². The summed E-state index contributed by atoms with van der Waals surface area (Å²) < 4.78 is 1.77.